The lowest BCUT2D eigenvalue weighted by Crippen LogP contribution is -2.26. The lowest BCUT2D eigenvalue weighted by atomic mass is 10.2. The summed E-state index contributed by atoms with van der Waals surface area (Å²) in [5.74, 6) is 0. The van der Waals surface area contributed by atoms with E-state index in [0.717, 1.165) is 39.1 Å². The first-order valence-corrected chi connectivity index (χ1v) is 7.04. The van der Waals surface area contributed by atoms with E-state index in [1.165, 1.54) is 11.3 Å². The molecule has 3 nitrogen and oxygen atoms in total. The van der Waals surface area contributed by atoms with Gasteiger partial charge in [0.1, 0.15) is 0 Å². The molecule has 18 heavy (non-hydrogen) atoms. The van der Waals surface area contributed by atoms with Gasteiger partial charge in [-0.05, 0) is 38.0 Å². The van der Waals surface area contributed by atoms with Gasteiger partial charge in [0.2, 0.25) is 0 Å². The Hall–Kier alpha value is -1.06. The van der Waals surface area contributed by atoms with Gasteiger partial charge in [-0.1, -0.05) is 12.1 Å². The van der Waals surface area contributed by atoms with Crippen molar-refractivity contribution in [1.29, 1.82) is 0 Å². The molecular formula is C15H25N3. The van der Waals surface area contributed by atoms with Crippen LogP contribution in [0.2, 0.25) is 0 Å². The monoisotopic (exact) mass is 247 g/mol. The maximum Gasteiger partial charge on any atom is 0.0366 e. The minimum atomic E-state index is 0.375. The van der Waals surface area contributed by atoms with Gasteiger partial charge < -0.3 is 10.6 Å². The summed E-state index contributed by atoms with van der Waals surface area (Å²) in [4.78, 5) is 4.81. The Labute approximate surface area is 111 Å². The van der Waals surface area contributed by atoms with Gasteiger partial charge in [-0.15, -0.1) is 0 Å². The molecule has 1 aromatic rings. The van der Waals surface area contributed by atoms with Crippen molar-refractivity contribution >= 4 is 5.69 Å². The second kappa shape index (κ2) is 6.21. The van der Waals surface area contributed by atoms with Crippen molar-refractivity contribution in [3.05, 3.63) is 29.8 Å². The van der Waals surface area contributed by atoms with Crippen LogP contribution in [0.3, 0.4) is 0 Å². The van der Waals surface area contributed by atoms with Crippen LogP contribution in [0.1, 0.15) is 25.8 Å². The van der Waals surface area contributed by atoms with Crippen molar-refractivity contribution in [2.24, 2.45) is 5.73 Å². The molecule has 3 heteroatoms. The third-order valence-electron chi connectivity index (χ3n) is 3.78. The maximum atomic E-state index is 5.93. The number of anilines is 1. The summed E-state index contributed by atoms with van der Waals surface area (Å²) in [6.07, 6.45) is 1.14. The van der Waals surface area contributed by atoms with Crippen molar-refractivity contribution in [2.45, 2.75) is 32.9 Å². The average Bonchev–Trinajstić information content (AvgIpc) is 2.78. The van der Waals surface area contributed by atoms with E-state index in [0.29, 0.717) is 6.04 Å². The first-order valence-electron chi connectivity index (χ1n) is 7.04. The fraction of sp³-hybridized carbons (Fsp3) is 0.600. The Morgan fingerprint density at radius 1 is 1.22 bits per heavy atom. The van der Waals surface area contributed by atoms with Crippen molar-refractivity contribution in [2.75, 3.05) is 31.1 Å². The highest BCUT2D eigenvalue weighted by molar-refractivity contribution is 5.47. The molecular weight excluding hydrogens is 222 g/mol. The molecule has 1 aliphatic rings. The van der Waals surface area contributed by atoms with Crippen LogP contribution in [-0.4, -0.2) is 37.1 Å². The van der Waals surface area contributed by atoms with Gasteiger partial charge in [0, 0.05) is 44.5 Å². The van der Waals surface area contributed by atoms with Gasteiger partial charge in [-0.3, -0.25) is 4.90 Å². The molecule has 1 atom stereocenters. The second-order valence-corrected chi connectivity index (χ2v) is 5.12. The fourth-order valence-corrected chi connectivity index (χ4v) is 2.67. The van der Waals surface area contributed by atoms with Crippen LogP contribution in [-0.2, 0) is 6.54 Å². The van der Waals surface area contributed by atoms with Gasteiger partial charge in [0.15, 0.2) is 0 Å². The number of nitrogens with two attached hydrogens (primary N) is 1. The third kappa shape index (κ3) is 3.24. The molecule has 0 saturated carbocycles. The van der Waals surface area contributed by atoms with Crippen LogP contribution in [0, 0.1) is 0 Å². The van der Waals surface area contributed by atoms with Gasteiger partial charge >= 0.3 is 0 Å². The Morgan fingerprint density at radius 2 is 1.89 bits per heavy atom. The Kier molecular flexibility index (Phi) is 4.61. The van der Waals surface area contributed by atoms with Crippen LogP contribution in [0.15, 0.2) is 24.3 Å². The zero-order chi connectivity index (χ0) is 13.0. The molecule has 1 heterocycles. The normalized spacial score (nSPS) is 20.3. The van der Waals surface area contributed by atoms with Crippen molar-refractivity contribution in [3.8, 4) is 0 Å². The molecule has 0 aromatic heterocycles. The van der Waals surface area contributed by atoms with Gasteiger partial charge in [0.25, 0.3) is 0 Å². The van der Waals surface area contributed by atoms with E-state index in [9.17, 15) is 0 Å². The average molecular weight is 247 g/mol. The summed E-state index contributed by atoms with van der Waals surface area (Å²) >= 11 is 0. The zero-order valence-corrected chi connectivity index (χ0v) is 11.6. The molecule has 0 spiro atoms. The van der Waals surface area contributed by atoms with Gasteiger partial charge in [-0.25, -0.2) is 0 Å². The highest BCUT2D eigenvalue weighted by atomic mass is 15.2. The van der Waals surface area contributed by atoms with Crippen molar-refractivity contribution < 1.29 is 0 Å². The van der Waals surface area contributed by atoms with E-state index in [1.807, 2.05) is 0 Å². The minimum Gasteiger partial charge on any atom is -0.372 e. The number of rotatable bonds is 5. The lowest BCUT2D eigenvalue weighted by molar-refractivity contribution is 0.327. The molecule has 2 rings (SSSR count). The Balaban J connectivity index is 1.95. The van der Waals surface area contributed by atoms with Gasteiger partial charge in [-0.2, -0.15) is 0 Å². The topological polar surface area (TPSA) is 32.5 Å². The highest BCUT2D eigenvalue weighted by Gasteiger charge is 2.18. The minimum absolute atomic E-state index is 0.375. The van der Waals surface area contributed by atoms with Gasteiger partial charge in [0.05, 0.1) is 0 Å². The second-order valence-electron chi connectivity index (χ2n) is 5.12. The molecule has 0 unspecified atom stereocenters. The molecule has 0 radical (unpaired) electrons. The predicted molar refractivity (Wildman–Crippen MR) is 77.9 cm³/mol. The zero-order valence-electron chi connectivity index (χ0n) is 11.6. The standard InChI is InChI=1S/C15H25N3/c1-3-18(4-2)15-7-5-13(6-8-15)11-17-10-9-14(16)12-17/h5-8,14H,3-4,9-12,16H2,1-2H3/t14-/m1/s1. The van der Waals surface area contributed by atoms with Crippen LogP contribution in [0.4, 0.5) is 5.69 Å². The first kappa shape index (κ1) is 13.4. The van der Waals surface area contributed by atoms with Crippen LogP contribution < -0.4 is 10.6 Å². The largest absolute Gasteiger partial charge is 0.372 e. The Morgan fingerprint density at radius 3 is 2.39 bits per heavy atom. The SMILES string of the molecule is CCN(CC)c1ccc(CN2CC[C@@H](N)C2)cc1. The summed E-state index contributed by atoms with van der Waals surface area (Å²) < 4.78 is 0. The number of benzene rings is 1. The van der Waals surface area contributed by atoms with E-state index >= 15 is 0 Å². The molecule has 1 aliphatic heterocycles. The Bertz CT molecular complexity index is 357. The summed E-state index contributed by atoms with van der Waals surface area (Å²) in [6, 6.07) is 9.34. The molecule has 100 valence electrons. The lowest BCUT2D eigenvalue weighted by Gasteiger charge is -2.21. The van der Waals surface area contributed by atoms with E-state index in [4.69, 9.17) is 5.73 Å². The molecule has 0 amide bonds. The van der Waals surface area contributed by atoms with Crippen LogP contribution in [0.5, 0.6) is 0 Å². The smallest absolute Gasteiger partial charge is 0.0366 e. The summed E-state index contributed by atoms with van der Waals surface area (Å²) in [5.41, 5.74) is 8.64. The van der Waals surface area contributed by atoms with Crippen molar-refractivity contribution in [3.63, 3.8) is 0 Å². The van der Waals surface area contributed by atoms with Crippen LogP contribution >= 0.6 is 0 Å². The summed E-state index contributed by atoms with van der Waals surface area (Å²) in [6.45, 7) is 9.74. The summed E-state index contributed by atoms with van der Waals surface area (Å²) in [5, 5.41) is 0. The van der Waals surface area contributed by atoms with Crippen LogP contribution in [0.25, 0.3) is 0 Å². The number of hydrogen-bond donors (Lipinski definition) is 1. The highest BCUT2D eigenvalue weighted by Crippen LogP contribution is 2.17. The quantitative estimate of drug-likeness (QED) is 0.864. The van der Waals surface area contributed by atoms with E-state index < -0.39 is 0 Å². The number of nitrogens with zero attached hydrogens (tertiary/aromatic N) is 2. The third-order valence-corrected chi connectivity index (χ3v) is 3.78. The predicted octanol–water partition coefficient (Wildman–Crippen LogP) is 2.07. The fourth-order valence-electron chi connectivity index (χ4n) is 2.67. The molecule has 0 bridgehead atoms. The van der Waals surface area contributed by atoms with E-state index in [2.05, 4.69) is 47.9 Å². The van der Waals surface area contributed by atoms with E-state index in [1.54, 1.807) is 0 Å². The van der Waals surface area contributed by atoms with Crippen molar-refractivity contribution in [1.82, 2.24) is 4.90 Å². The summed E-state index contributed by atoms with van der Waals surface area (Å²) in [7, 11) is 0. The molecule has 2 N–H and O–H groups in total. The molecule has 1 fully saturated rings. The molecule has 0 aliphatic carbocycles. The number of likely N-dealkylation sites (tertiary alicyclic amines) is 1. The molecule has 1 aromatic carbocycles. The first-order chi connectivity index (χ1) is 8.72. The maximum absolute atomic E-state index is 5.93. The number of hydrogen-bond acceptors (Lipinski definition) is 3. The van der Waals surface area contributed by atoms with E-state index in [-0.39, 0.29) is 0 Å². The molecule has 1 saturated heterocycles.